The molecule has 1 aromatic heterocycles. The molecule has 1 aliphatic rings. The maximum atomic E-state index is 13.1. The van der Waals surface area contributed by atoms with Crippen LogP contribution in [0.1, 0.15) is 29.2 Å². The SMILES string of the molecule is O=C(NC[C@@H]1CCCO1)[C@@H](C(=O)c1ccc(F)cc1)n1ccccc1=O. The van der Waals surface area contributed by atoms with Gasteiger partial charge in [-0.2, -0.15) is 0 Å². The minimum atomic E-state index is -1.37. The standard InChI is InChI=1S/C19H19FN2O4/c20-14-8-6-13(7-9-14)18(24)17(22-10-2-1-5-16(22)23)19(25)21-12-15-4-3-11-26-15/h1-2,5-10,15,17H,3-4,11-12H2,(H,21,25)/t15-,17+/m0/s1. The van der Waals surface area contributed by atoms with Crippen LogP contribution in [0.4, 0.5) is 4.39 Å². The Morgan fingerprint density at radius 1 is 1.23 bits per heavy atom. The number of carbonyl (C=O) groups is 2. The second kappa shape index (κ2) is 8.05. The van der Waals surface area contributed by atoms with Crippen LogP contribution in [0.25, 0.3) is 0 Å². The van der Waals surface area contributed by atoms with Crippen LogP contribution in [-0.4, -0.2) is 35.5 Å². The summed E-state index contributed by atoms with van der Waals surface area (Å²) in [6.07, 6.45) is 3.06. The molecule has 0 bridgehead atoms. The van der Waals surface area contributed by atoms with Crippen LogP contribution in [0.15, 0.2) is 53.5 Å². The summed E-state index contributed by atoms with van der Waals surface area (Å²) in [7, 11) is 0. The number of rotatable bonds is 6. The topological polar surface area (TPSA) is 77.4 Å². The molecule has 1 aromatic carbocycles. The number of aromatic nitrogens is 1. The van der Waals surface area contributed by atoms with Crippen molar-refractivity contribution in [1.29, 1.82) is 0 Å². The lowest BCUT2D eigenvalue weighted by Crippen LogP contribution is -2.43. The Morgan fingerprint density at radius 3 is 2.65 bits per heavy atom. The van der Waals surface area contributed by atoms with E-state index in [0.717, 1.165) is 29.5 Å². The van der Waals surface area contributed by atoms with E-state index in [1.807, 2.05) is 0 Å². The Balaban J connectivity index is 1.87. The van der Waals surface area contributed by atoms with E-state index in [9.17, 15) is 18.8 Å². The number of hydrogen-bond acceptors (Lipinski definition) is 4. The van der Waals surface area contributed by atoms with Crippen LogP contribution in [0.2, 0.25) is 0 Å². The normalized spacial score (nSPS) is 17.7. The quantitative estimate of drug-likeness (QED) is 0.630. The van der Waals surface area contributed by atoms with E-state index in [-0.39, 0.29) is 18.2 Å². The average Bonchev–Trinajstić information content (AvgIpc) is 3.16. The van der Waals surface area contributed by atoms with Gasteiger partial charge < -0.3 is 10.1 Å². The molecular formula is C19H19FN2O4. The molecule has 0 unspecified atom stereocenters. The van der Waals surface area contributed by atoms with Crippen LogP contribution in [0.5, 0.6) is 0 Å². The van der Waals surface area contributed by atoms with Crippen LogP contribution in [-0.2, 0) is 9.53 Å². The van der Waals surface area contributed by atoms with E-state index in [4.69, 9.17) is 4.74 Å². The third-order valence-electron chi connectivity index (χ3n) is 4.28. The first-order valence-corrected chi connectivity index (χ1v) is 8.42. The molecule has 0 aliphatic carbocycles. The van der Waals surface area contributed by atoms with E-state index in [0.29, 0.717) is 6.61 Å². The highest BCUT2D eigenvalue weighted by Crippen LogP contribution is 2.16. The molecule has 1 N–H and O–H groups in total. The summed E-state index contributed by atoms with van der Waals surface area (Å²) in [4.78, 5) is 37.7. The summed E-state index contributed by atoms with van der Waals surface area (Å²) in [5, 5.41) is 2.69. The van der Waals surface area contributed by atoms with Crippen molar-refractivity contribution in [2.24, 2.45) is 0 Å². The number of halogens is 1. The second-order valence-corrected chi connectivity index (χ2v) is 6.10. The summed E-state index contributed by atoms with van der Waals surface area (Å²) in [5.74, 6) is -1.66. The zero-order valence-electron chi connectivity index (χ0n) is 14.1. The van der Waals surface area contributed by atoms with Crippen molar-refractivity contribution in [2.75, 3.05) is 13.2 Å². The van der Waals surface area contributed by atoms with Crippen LogP contribution in [0.3, 0.4) is 0 Å². The molecule has 3 rings (SSSR count). The molecule has 2 heterocycles. The number of ether oxygens (including phenoxy) is 1. The first-order chi connectivity index (χ1) is 12.6. The third-order valence-corrected chi connectivity index (χ3v) is 4.28. The highest BCUT2D eigenvalue weighted by Gasteiger charge is 2.30. The van der Waals surface area contributed by atoms with E-state index in [1.54, 1.807) is 6.07 Å². The Morgan fingerprint density at radius 2 is 2.00 bits per heavy atom. The van der Waals surface area contributed by atoms with E-state index in [2.05, 4.69) is 5.32 Å². The van der Waals surface area contributed by atoms with Crippen molar-refractivity contribution >= 4 is 11.7 Å². The largest absolute Gasteiger partial charge is 0.376 e. The minimum absolute atomic E-state index is 0.0898. The fourth-order valence-electron chi connectivity index (χ4n) is 2.91. The highest BCUT2D eigenvalue weighted by atomic mass is 19.1. The number of amides is 1. The molecule has 2 atom stereocenters. The molecule has 0 saturated carbocycles. The van der Waals surface area contributed by atoms with E-state index >= 15 is 0 Å². The van der Waals surface area contributed by atoms with Crippen LogP contribution < -0.4 is 10.9 Å². The number of hydrogen-bond donors (Lipinski definition) is 1. The van der Waals surface area contributed by atoms with Crippen LogP contribution in [0, 0.1) is 5.82 Å². The average molecular weight is 358 g/mol. The van der Waals surface area contributed by atoms with Gasteiger partial charge in [-0.1, -0.05) is 6.07 Å². The zero-order chi connectivity index (χ0) is 18.5. The maximum Gasteiger partial charge on any atom is 0.251 e. The molecule has 6 nitrogen and oxygen atoms in total. The monoisotopic (exact) mass is 358 g/mol. The van der Waals surface area contributed by atoms with Crippen molar-refractivity contribution in [3.63, 3.8) is 0 Å². The molecule has 0 spiro atoms. The number of nitrogens with zero attached hydrogens (tertiary/aromatic N) is 1. The lowest BCUT2D eigenvalue weighted by molar-refractivity contribution is -0.123. The maximum absolute atomic E-state index is 13.1. The smallest absolute Gasteiger partial charge is 0.251 e. The predicted octanol–water partition coefficient (Wildman–Crippen LogP) is 1.71. The van der Waals surface area contributed by atoms with Crippen LogP contribution >= 0.6 is 0 Å². The van der Waals surface area contributed by atoms with Gasteiger partial charge in [0, 0.05) is 31.0 Å². The fraction of sp³-hybridized carbons (Fsp3) is 0.316. The predicted molar refractivity (Wildman–Crippen MR) is 92.5 cm³/mol. The lowest BCUT2D eigenvalue weighted by Gasteiger charge is -2.19. The summed E-state index contributed by atoms with van der Waals surface area (Å²) in [6, 6.07) is 7.89. The molecule has 26 heavy (non-hydrogen) atoms. The zero-order valence-corrected chi connectivity index (χ0v) is 14.1. The molecule has 2 aromatic rings. The summed E-state index contributed by atoms with van der Waals surface area (Å²) in [6.45, 7) is 0.921. The Bertz CT molecular complexity index is 841. The van der Waals surface area contributed by atoms with Crippen molar-refractivity contribution in [3.8, 4) is 0 Å². The second-order valence-electron chi connectivity index (χ2n) is 6.10. The number of Topliss-reactive ketones (excluding diaryl/α,β-unsaturated/α-hetero) is 1. The third kappa shape index (κ3) is 4.05. The molecule has 0 radical (unpaired) electrons. The van der Waals surface area contributed by atoms with Gasteiger partial charge in [0.25, 0.3) is 11.5 Å². The van der Waals surface area contributed by atoms with Gasteiger partial charge in [0.15, 0.2) is 11.8 Å². The van der Waals surface area contributed by atoms with Crippen molar-refractivity contribution in [3.05, 3.63) is 70.4 Å². The Kier molecular flexibility index (Phi) is 5.58. The van der Waals surface area contributed by atoms with Crippen molar-refractivity contribution in [1.82, 2.24) is 9.88 Å². The first-order valence-electron chi connectivity index (χ1n) is 8.42. The molecule has 1 amide bonds. The molecule has 1 aliphatic heterocycles. The number of ketones is 1. The van der Waals surface area contributed by atoms with Gasteiger partial charge in [0.1, 0.15) is 5.82 Å². The fourth-order valence-corrected chi connectivity index (χ4v) is 2.91. The number of pyridine rings is 1. The molecule has 136 valence electrons. The summed E-state index contributed by atoms with van der Waals surface area (Å²) >= 11 is 0. The number of benzene rings is 1. The molecule has 1 fully saturated rings. The van der Waals surface area contributed by atoms with Gasteiger partial charge in [0.05, 0.1) is 6.10 Å². The van der Waals surface area contributed by atoms with Gasteiger partial charge in [-0.05, 0) is 43.2 Å². The minimum Gasteiger partial charge on any atom is -0.376 e. The first kappa shape index (κ1) is 18.0. The molecule has 7 heteroatoms. The van der Waals surface area contributed by atoms with Crippen molar-refractivity contribution in [2.45, 2.75) is 25.0 Å². The Hall–Kier alpha value is -2.80. The Labute approximate surface area is 149 Å². The lowest BCUT2D eigenvalue weighted by atomic mass is 10.0. The van der Waals surface area contributed by atoms with Gasteiger partial charge >= 0.3 is 0 Å². The highest BCUT2D eigenvalue weighted by molar-refractivity contribution is 6.11. The molecule has 1 saturated heterocycles. The molecular weight excluding hydrogens is 339 g/mol. The number of carbonyl (C=O) groups excluding carboxylic acids is 2. The summed E-state index contributed by atoms with van der Waals surface area (Å²) < 4.78 is 19.7. The van der Waals surface area contributed by atoms with Gasteiger partial charge in [-0.3, -0.25) is 19.0 Å². The van der Waals surface area contributed by atoms with E-state index in [1.165, 1.54) is 30.5 Å². The van der Waals surface area contributed by atoms with Gasteiger partial charge in [0.2, 0.25) is 0 Å². The summed E-state index contributed by atoms with van der Waals surface area (Å²) in [5.41, 5.74) is -0.320. The number of nitrogens with one attached hydrogen (secondary N) is 1. The van der Waals surface area contributed by atoms with Gasteiger partial charge in [-0.15, -0.1) is 0 Å². The van der Waals surface area contributed by atoms with Gasteiger partial charge in [-0.25, -0.2) is 4.39 Å². The van der Waals surface area contributed by atoms with E-state index < -0.39 is 29.1 Å². The van der Waals surface area contributed by atoms with Crippen molar-refractivity contribution < 1.29 is 18.7 Å².